The maximum Gasteiger partial charge on any atom is 0.143 e. The number of fused-ring (bicyclic) bond motifs is 1. The first-order valence-electron chi connectivity index (χ1n) is 3.33. The van der Waals surface area contributed by atoms with Gasteiger partial charge in [0.2, 0.25) is 0 Å². The van der Waals surface area contributed by atoms with Gasteiger partial charge in [-0.05, 0) is 6.07 Å². The summed E-state index contributed by atoms with van der Waals surface area (Å²) in [4.78, 5) is 7.73. The topological polar surface area (TPSA) is 25.8 Å². The number of rotatable bonds is 0. The van der Waals surface area contributed by atoms with Crippen LogP contribution in [0.4, 0.5) is 4.39 Å². The smallest absolute Gasteiger partial charge is 0.143 e. The van der Waals surface area contributed by atoms with E-state index in [9.17, 15) is 4.39 Å². The van der Waals surface area contributed by atoms with Crippen molar-refractivity contribution < 1.29 is 4.39 Å². The molecule has 0 unspecified atom stereocenters. The van der Waals surface area contributed by atoms with Gasteiger partial charge in [0.05, 0.1) is 16.7 Å². The van der Waals surface area contributed by atoms with E-state index in [1.807, 2.05) is 0 Å². The number of halogens is 2. The molecule has 0 aliphatic rings. The summed E-state index contributed by atoms with van der Waals surface area (Å²) >= 11 is 5.78. The van der Waals surface area contributed by atoms with Gasteiger partial charge in [0.15, 0.2) is 0 Å². The van der Waals surface area contributed by atoms with Crippen LogP contribution in [0.15, 0.2) is 24.5 Å². The molecule has 0 spiro atoms. The van der Waals surface area contributed by atoms with Crippen LogP contribution in [-0.4, -0.2) is 9.97 Å². The lowest BCUT2D eigenvalue weighted by atomic mass is 10.3. The summed E-state index contributed by atoms with van der Waals surface area (Å²) in [6.45, 7) is 0. The average molecular weight is 183 g/mol. The van der Waals surface area contributed by atoms with Gasteiger partial charge in [0.1, 0.15) is 11.3 Å². The Morgan fingerprint density at radius 3 is 3.00 bits per heavy atom. The fourth-order valence-corrected chi connectivity index (χ4v) is 1.17. The monoisotopic (exact) mass is 182 g/mol. The highest BCUT2D eigenvalue weighted by molar-refractivity contribution is 6.34. The first-order chi connectivity index (χ1) is 5.77. The molecular formula is C8H4ClFN2. The van der Waals surface area contributed by atoms with Crippen LogP contribution < -0.4 is 0 Å². The van der Waals surface area contributed by atoms with Gasteiger partial charge >= 0.3 is 0 Å². The Bertz CT molecular complexity index is 430. The highest BCUT2D eigenvalue weighted by Gasteiger charge is 2.01. The van der Waals surface area contributed by atoms with Gasteiger partial charge in [-0.25, -0.2) is 9.37 Å². The molecule has 0 saturated heterocycles. The van der Waals surface area contributed by atoms with Gasteiger partial charge in [-0.3, -0.25) is 4.98 Å². The summed E-state index contributed by atoms with van der Waals surface area (Å²) in [5.41, 5.74) is 1.00. The van der Waals surface area contributed by atoms with Gasteiger partial charge in [0.25, 0.3) is 0 Å². The molecule has 0 bridgehead atoms. The molecule has 0 saturated carbocycles. The molecule has 0 amide bonds. The summed E-state index contributed by atoms with van der Waals surface area (Å²) in [7, 11) is 0. The van der Waals surface area contributed by atoms with Crippen LogP contribution in [0, 0.1) is 5.82 Å². The summed E-state index contributed by atoms with van der Waals surface area (Å²) < 4.78 is 12.6. The Morgan fingerprint density at radius 1 is 1.33 bits per heavy atom. The summed E-state index contributed by atoms with van der Waals surface area (Å²) in [6, 6.07) is 2.92. The molecule has 4 heteroatoms. The van der Waals surface area contributed by atoms with E-state index in [1.165, 1.54) is 12.3 Å². The maximum atomic E-state index is 12.6. The van der Waals surface area contributed by atoms with Crippen LogP contribution in [0.1, 0.15) is 0 Å². The minimum atomic E-state index is -0.405. The SMILES string of the molecule is Fc1cnc2c(Cl)ccnc2c1. The lowest BCUT2D eigenvalue weighted by molar-refractivity contribution is 0.624. The zero-order chi connectivity index (χ0) is 8.55. The van der Waals surface area contributed by atoms with Crippen molar-refractivity contribution in [3.63, 3.8) is 0 Å². The van der Waals surface area contributed by atoms with Crippen molar-refractivity contribution in [1.29, 1.82) is 0 Å². The molecular weight excluding hydrogens is 179 g/mol. The first kappa shape index (κ1) is 7.43. The van der Waals surface area contributed by atoms with E-state index >= 15 is 0 Å². The molecule has 0 aliphatic carbocycles. The summed E-state index contributed by atoms with van der Waals surface area (Å²) in [6.07, 6.45) is 2.64. The zero-order valence-electron chi connectivity index (χ0n) is 5.96. The van der Waals surface area contributed by atoms with Gasteiger partial charge in [-0.1, -0.05) is 11.6 Å². The third-order valence-corrected chi connectivity index (χ3v) is 1.80. The third-order valence-electron chi connectivity index (χ3n) is 1.49. The Kier molecular flexibility index (Phi) is 1.66. The lowest BCUT2D eigenvalue weighted by Crippen LogP contribution is -1.85. The Morgan fingerprint density at radius 2 is 2.17 bits per heavy atom. The predicted molar refractivity (Wildman–Crippen MR) is 44.5 cm³/mol. The zero-order valence-corrected chi connectivity index (χ0v) is 6.72. The second kappa shape index (κ2) is 2.68. The normalized spacial score (nSPS) is 10.5. The van der Waals surface area contributed by atoms with Crippen molar-refractivity contribution in [2.45, 2.75) is 0 Å². The molecule has 0 radical (unpaired) electrons. The predicted octanol–water partition coefficient (Wildman–Crippen LogP) is 2.42. The number of nitrogens with zero attached hydrogens (tertiary/aromatic N) is 2. The number of hydrogen-bond donors (Lipinski definition) is 0. The van der Waals surface area contributed by atoms with Crippen LogP contribution in [-0.2, 0) is 0 Å². The van der Waals surface area contributed by atoms with Crippen molar-refractivity contribution in [2.24, 2.45) is 0 Å². The largest absolute Gasteiger partial charge is 0.254 e. The molecule has 2 heterocycles. The minimum absolute atomic E-state index is 0.405. The van der Waals surface area contributed by atoms with Gasteiger partial charge in [-0.15, -0.1) is 0 Å². The third kappa shape index (κ3) is 1.12. The molecule has 2 nitrogen and oxygen atoms in total. The van der Waals surface area contributed by atoms with Crippen LogP contribution >= 0.6 is 11.6 Å². The number of aromatic nitrogens is 2. The molecule has 2 aromatic heterocycles. The molecule has 0 fully saturated rings. The van der Waals surface area contributed by atoms with Crippen molar-refractivity contribution in [2.75, 3.05) is 0 Å². The maximum absolute atomic E-state index is 12.6. The van der Waals surface area contributed by atoms with Crippen molar-refractivity contribution in [3.8, 4) is 0 Å². The number of hydrogen-bond acceptors (Lipinski definition) is 2. The second-order valence-electron chi connectivity index (χ2n) is 2.31. The minimum Gasteiger partial charge on any atom is -0.254 e. The molecule has 2 rings (SSSR count). The van der Waals surface area contributed by atoms with Crippen LogP contribution in [0.25, 0.3) is 11.0 Å². The highest BCUT2D eigenvalue weighted by Crippen LogP contribution is 2.18. The average Bonchev–Trinajstić information content (AvgIpc) is 2.04. The van der Waals surface area contributed by atoms with Crippen LogP contribution in [0.3, 0.4) is 0 Å². The van der Waals surface area contributed by atoms with E-state index in [2.05, 4.69) is 9.97 Å². The van der Waals surface area contributed by atoms with E-state index in [4.69, 9.17) is 11.6 Å². The van der Waals surface area contributed by atoms with Gasteiger partial charge in [0, 0.05) is 12.3 Å². The quantitative estimate of drug-likeness (QED) is 0.625. The molecule has 0 atom stereocenters. The molecule has 0 N–H and O–H groups in total. The van der Waals surface area contributed by atoms with E-state index in [0.717, 1.165) is 6.20 Å². The summed E-state index contributed by atoms with van der Waals surface area (Å²) in [5, 5.41) is 0.486. The molecule has 0 aromatic carbocycles. The van der Waals surface area contributed by atoms with E-state index in [0.29, 0.717) is 16.1 Å². The Balaban J connectivity index is 2.86. The van der Waals surface area contributed by atoms with Crippen LogP contribution in [0.2, 0.25) is 5.02 Å². The van der Waals surface area contributed by atoms with Crippen molar-refractivity contribution in [3.05, 3.63) is 35.4 Å². The molecule has 0 aliphatic heterocycles. The lowest BCUT2D eigenvalue weighted by Gasteiger charge is -1.96. The molecule has 60 valence electrons. The summed E-state index contributed by atoms with van der Waals surface area (Å²) in [5.74, 6) is -0.405. The van der Waals surface area contributed by atoms with E-state index < -0.39 is 5.82 Å². The molecule has 2 aromatic rings. The highest BCUT2D eigenvalue weighted by atomic mass is 35.5. The standard InChI is InChI=1S/C8H4ClFN2/c9-6-1-2-11-7-3-5(10)4-12-8(6)7/h1-4H. The fourth-order valence-electron chi connectivity index (χ4n) is 0.973. The van der Waals surface area contributed by atoms with E-state index in [1.54, 1.807) is 6.07 Å². The number of pyridine rings is 2. The second-order valence-corrected chi connectivity index (χ2v) is 2.72. The van der Waals surface area contributed by atoms with Crippen molar-refractivity contribution in [1.82, 2.24) is 9.97 Å². The van der Waals surface area contributed by atoms with Crippen molar-refractivity contribution >= 4 is 22.6 Å². The Labute approximate surface area is 73.0 Å². The van der Waals surface area contributed by atoms with Gasteiger partial charge < -0.3 is 0 Å². The molecule has 12 heavy (non-hydrogen) atoms. The Hall–Kier alpha value is -1.22. The van der Waals surface area contributed by atoms with E-state index in [-0.39, 0.29) is 0 Å². The fraction of sp³-hybridized carbons (Fsp3) is 0. The van der Waals surface area contributed by atoms with Gasteiger partial charge in [-0.2, -0.15) is 0 Å². The van der Waals surface area contributed by atoms with Crippen LogP contribution in [0.5, 0.6) is 0 Å². The first-order valence-corrected chi connectivity index (χ1v) is 3.71.